The number of thiazole rings is 1. The Bertz CT molecular complexity index is 489. The van der Waals surface area contributed by atoms with Crippen molar-refractivity contribution in [2.24, 2.45) is 0 Å². The average Bonchev–Trinajstić information content (AvgIpc) is 2.75. The maximum absolute atomic E-state index is 11.9. The van der Waals surface area contributed by atoms with E-state index in [0.717, 1.165) is 20.1 Å². The minimum Gasteiger partial charge on any atom is -0.293 e. The molecule has 5 heteroatoms. The summed E-state index contributed by atoms with van der Waals surface area (Å²) < 4.78 is 0.880. The summed E-state index contributed by atoms with van der Waals surface area (Å²) in [5, 5.41) is 4.76. The summed E-state index contributed by atoms with van der Waals surface area (Å²) in [5.41, 5.74) is 0.980. The number of carbonyl (C=O) groups excluding carboxylic acids is 1. The first kappa shape index (κ1) is 11.0. The number of carbonyl (C=O) groups is 1. The van der Waals surface area contributed by atoms with E-state index in [2.05, 4.69) is 20.9 Å². The summed E-state index contributed by atoms with van der Waals surface area (Å²) in [5.74, 6) is 0.131. The second-order valence-corrected chi connectivity index (χ2v) is 5.79. The highest BCUT2D eigenvalue weighted by molar-refractivity contribution is 9.10. The van der Waals surface area contributed by atoms with Crippen LogP contribution in [-0.2, 0) is 6.42 Å². The minimum atomic E-state index is 0.131. The molecule has 0 fully saturated rings. The fourth-order valence-corrected chi connectivity index (χ4v) is 3.50. The fraction of sp³-hybridized carbons (Fsp3) is 0.200. The van der Waals surface area contributed by atoms with E-state index in [1.54, 1.807) is 0 Å². The van der Waals surface area contributed by atoms with Crippen molar-refractivity contribution >= 4 is 44.4 Å². The van der Waals surface area contributed by atoms with Gasteiger partial charge in [-0.3, -0.25) is 4.79 Å². The minimum absolute atomic E-state index is 0.131. The molecule has 2 heterocycles. The van der Waals surface area contributed by atoms with Crippen LogP contribution in [-0.4, -0.2) is 10.8 Å². The molecule has 0 aliphatic rings. The number of hydrogen-bond acceptors (Lipinski definition) is 4. The maximum atomic E-state index is 11.9. The van der Waals surface area contributed by atoms with Crippen LogP contribution in [0.15, 0.2) is 21.3 Å². The van der Waals surface area contributed by atoms with Gasteiger partial charge in [-0.1, -0.05) is 0 Å². The molecule has 2 nitrogen and oxygen atoms in total. The molecule has 0 saturated heterocycles. The van der Waals surface area contributed by atoms with Crippen molar-refractivity contribution in [1.82, 2.24) is 4.98 Å². The zero-order valence-electron chi connectivity index (χ0n) is 7.99. The Kier molecular flexibility index (Phi) is 3.33. The molecular formula is C10H8BrNOS2. The quantitative estimate of drug-likeness (QED) is 0.809. The van der Waals surface area contributed by atoms with Crippen LogP contribution in [0.25, 0.3) is 0 Å². The Morgan fingerprint density at radius 2 is 2.33 bits per heavy atom. The number of aromatic nitrogens is 1. The van der Waals surface area contributed by atoms with Crippen molar-refractivity contribution in [2.45, 2.75) is 13.3 Å². The van der Waals surface area contributed by atoms with Gasteiger partial charge in [0.15, 0.2) is 5.78 Å². The van der Waals surface area contributed by atoms with Gasteiger partial charge in [-0.25, -0.2) is 4.98 Å². The lowest BCUT2D eigenvalue weighted by atomic mass is 10.2. The average molecular weight is 302 g/mol. The normalized spacial score (nSPS) is 10.5. The third kappa shape index (κ3) is 2.53. The highest BCUT2D eigenvalue weighted by atomic mass is 79.9. The molecule has 0 saturated carbocycles. The van der Waals surface area contributed by atoms with Crippen molar-refractivity contribution in [1.29, 1.82) is 0 Å². The topological polar surface area (TPSA) is 30.0 Å². The first-order valence-electron chi connectivity index (χ1n) is 4.34. The molecule has 0 spiro atoms. The van der Waals surface area contributed by atoms with E-state index in [1.165, 1.54) is 22.7 Å². The van der Waals surface area contributed by atoms with Crippen LogP contribution in [0.5, 0.6) is 0 Å². The van der Waals surface area contributed by atoms with Gasteiger partial charge in [0, 0.05) is 15.5 Å². The fourth-order valence-electron chi connectivity index (χ4n) is 1.19. The number of nitrogens with zero attached hydrogens (tertiary/aromatic N) is 1. The Labute approximate surface area is 104 Å². The van der Waals surface area contributed by atoms with E-state index in [4.69, 9.17) is 0 Å². The molecule has 0 atom stereocenters. The highest BCUT2D eigenvalue weighted by Crippen LogP contribution is 2.24. The van der Waals surface area contributed by atoms with Gasteiger partial charge in [0.25, 0.3) is 0 Å². The largest absolute Gasteiger partial charge is 0.293 e. The molecule has 78 valence electrons. The molecule has 2 rings (SSSR count). The Morgan fingerprint density at radius 1 is 1.53 bits per heavy atom. The van der Waals surface area contributed by atoms with Gasteiger partial charge in [0.05, 0.1) is 11.3 Å². The molecule has 0 aliphatic carbocycles. The van der Waals surface area contributed by atoms with Gasteiger partial charge < -0.3 is 0 Å². The molecule has 0 N–H and O–H groups in total. The van der Waals surface area contributed by atoms with Gasteiger partial charge in [0.1, 0.15) is 5.01 Å². The summed E-state index contributed by atoms with van der Waals surface area (Å²) in [6.45, 7) is 1.94. The summed E-state index contributed by atoms with van der Waals surface area (Å²) in [6, 6.07) is 1.89. The number of rotatable bonds is 3. The van der Waals surface area contributed by atoms with Gasteiger partial charge >= 0.3 is 0 Å². The van der Waals surface area contributed by atoms with Crippen LogP contribution in [0, 0.1) is 6.92 Å². The Balaban J connectivity index is 2.14. The predicted octanol–water partition coefficient (Wildman–Crippen LogP) is 3.70. The van der Waals surface area contributed by atoms with E-state index in [1.807, 2.05) is 23.8 Å². The second-order valence-electron chi connectivity index (χ2n) is 3.08. The van der Waals surface area contributed by atoms with Crippen LogP contribution in [0.4, 0.5) is 0 Å². The monoisotopic (exact) mass is 301 g/mol. The third-order valence-corrected chi connectivity index (χ3v) is 4.69. The molecule has 2 aromatic heterocycles. The summed E-state index contributed by atoms with van der Waals surface area (Å²) in [6.07, 6.45) is 0.400. The van der Waals surface area contributed by atoms with Crippen LogP contribution in [0.3, 0.4) is 0 Å². The molecule has 0 bridgehead atoms. The molecule has 0 unspecified atom stereocenters. The first-order valence-corrected chi connectivity index (χ1v) is 6.89. The molecular weight excluding hydrogens is 294 g/mol. The molecule has 0 aliphatic heterocycles. The lowest BCUT2D eigenvalue weighted by Gasteiger charge is -1.95. The van der Waals surface area contributed by atoms with Crippen LogP contribution in [0.1, 0.15) is 20.4 Å². The molecule has 0 radical (unpaired) electrons. The smallest absolute Gasteiger partial charge is 0.180 e. The standard InChI is InChI=1S/C10H8BrNOS2/c1-6-5-15-9(12-6)4-8(13)10-7(11)2-3-14-10/h2-3,5H,4H2,1H3. The number of halogens is 1. The number of thiophene rings is 1. The van der Waals surface area contributed by atoms with Gasteiger partial charge in [-0.2, -0.15) is 0 Å². The zero-order chi connectivity index (χ0) is 10.8. The number of ketones is 1. The molecule has 2 aromatic rings. The van der Waals surface area contributed by atoms with Crippen molar-refractivity contribution in [3.63, 3.8) is 0 Å². The van der Waals surface area contributed by atoms with Crippen molar-refractivity contribution < 1.29 is 4.79 Å². The van der Waals surface area contributed by atoms with Gasteiger partial charge in [-0.05, 0) is 34.3 Å². The number of aryl methyl sites for hydroxylation is 1. The molecule has 0 amide bonds. The van der Waals surface area contributed by atoms with E-state index >= 15 is 0 Å². The zero-order valence-corrected chi connectivity index (χ0v) is 11.2. The van der Waals surface area contributed by atoms with E-state index in [9.17, 15) is 4.79 Å². The van der Waals surface area contributed by atoms with Crippen LogP contribution in [0.2, 0.25) is 0 Å². The molecule has 15 heavy (non-hydrogen) atoms. The lowest BCUT2D eigenvalue weighted by molar-refractivity contribution is 0.0996. The first-order chi connectivity index (χ1) is 7.16. The van der Waals surface area contributed by atoms with E-state index in [-0.39, 0.29) is 5.78 Å². The SMILES string of the molecule is Cc1csc(CC(=O)c2sccc2Br)n1. The summed E-state index contributed by atoms with van der Waals surface area (Å²) >= 11 is 6.36. The lowest BCUT2D eigenvalue weighted by Crippen LogP contribution is -2.01. The summed E-state index contributed by atoms with van der Waals surface area (Å²) in [4.78, 5) is 16.9. The van der Waals surface area contributed by atoms with E-state index < -0.39 is 0 Å². The van der Waals surface area contributed by atoms with Crippen molar-refractivity contribution in [3.8, 4) is 0 Å². The van der Waals surface area contributed by atoms with E-state index in [0.29, 0.717) is 6.42 Å². The highest BCUT2D eigenvalue weighted by Gasteiger charge is 2.13. The second kappa shape index (κ2) is 4.55. The molecule has 0 aromatic carbocycles. The van der Waals surface area contributed by atoms with Gasteiger partial charge in [0.2, 0.25) is 0 Å². The van der Waals surface area contributed by atoms with Crippen LogP contribution < -0.4 is 0 Å². The summed E-state index contributed by atoms with van der Waals surface area (Å²) in [7, 11) is 0. The third-order valence-electron chi connectivity index (χ3n) is 1.85. The van der Waals surface area contributed by atoms with Gasteiger partial charge in [-0.15, -0.1) is 22.7 Å². The predicted molar refractivity (Wildman–Crippen MR) is 66.9 cm³/mol. The van der Waals surface area contributed by atoms with Crippen LogP contribution >= 0.6 is 38.6 Å². The number of Topliss-reactive ketones (excluding diaryl/α,β-unsaturated/α-hetero) is 1. The Hall–Kier alpha value is -0.520. The van der Waals surface area contributed by atoms with Crippen molar-refractivity contribution in [2.75, 3.05) is 0 Å². The maximum Gasteiger partial charge on any atom is 0.180 e. The number of hydrogen-bond donors (Lipinski definition) is 0. The van der Waals surface area contributed by atoms with Crippen molar-refractivity contribution in [3.05, 3.63) is 36.9 Å². The Morgan fingerprint density at radius 3 is 2.87 bits per heavy atom.